The van der Waals surface area contributed by atoms with Crippen molar-refractivity contribution in [1.29, 1.82) is 0 Å². The summed E-state index contributed by atoms with van der Waals surface area (Å²) in [6, 6.07) is 11.3. The van der Waals surface area contributed by atoms with Crippen LogP contribution in [0.25, 0.3) is 0 Å². The third-order valence-electron chi connectivity index (χ3n) is 4.17. The molecule has 0 bridgehead atoms. The largest absolute Gasteiger partial charge is 0.321 e. The van der Waals surface area contributed by atoms with Crippen molar-refractivity contribution in [2.75, 3.05) is 18.4 Å². The average Bonchev–Trinajstić information content (AvgIpc) is 2.96. The first-order chi connectivity index (χ1) is 10.6. The molecular formula is C17H18ClN3O. The fraction of sp³-hybridized carbons (Fsp3) is 0.294. The molecule has 2 heterocycles. The van der Waals surface area contributed by atoms with Gasteiger partial charge < -0.3 is 10.6 Å². The summed E-state index contributed by atoms with van der Waals surface area (Å²) in [5.74, 6) is -0.238. The molecule has 1 unspecified atom stereocenters. The highest BCUT2D eigenvalue weighted by molar-refractivity contribution is 6.30. The molecule has 114 valence electrons. The number of carbonyl (C=O) groups excluding carboxylic acids is 1. The Hall–Kier alpha value is -1.91. The number of anilines is 1. The van der Waals surface area contributed by atoms with E-state index < -0.39 is 0 Å². The average molecular weight is 316 g/mol. The number of halogens is 1. The van der Waals surface area contributed by atoms with Gasteiger partial charge in [0.2, 0.25) is 0 Å². The van der Waals surface area contributed by atoms with Gasteiger partial charge in [0.1, 0.15) is 5.69 Å². The van der Waals surface area contributed by atoms with Crippen LogP contribution in [0.3, 0.4) is 0 Å². The van der Waals surface area contributed by atoms with Gasteiger partial charge in [-0.25, -0.2) is 4.98 Å². The second kappa shape index (κ2) is 6.07. The van der Waals surface area contributed by atoms with Gasteiger partial charge in [-0.15, -0.1) is 0 Å². The molecule has 1 aliphatic heterocycles. The number of hydrogen-bond donors (Lipinski definition) is 2. The van der Waals surface area contributed by atoms with E-state index in [0.717, 1.165) is 25.2 Å². The van der Waals surface area contributed by atoms with Crippen LogP contribution in [0.2, 0.25) is 5.02 Å². The first kappa shape index (κ1) is 15.0. The number of carbonyl (C=O) groups is 1. The molecule has 0 spiro atoms. The fourth-order valence-corrected chi connectivity index (χ4v) is 2.84. The molecule has 2 aromatic rings. The molecule has 1 aliphatic rings. The van der Waals surface area contributed by atoms with Gasteiger partial charge in [0.15, 0.2) is 0 Å². The zero-order valence-corrected chi connectivity index (χ0v) is 13.2. The van der Waals surface area contributed by atoms with E-state index >= 15 is 0 Å². The molecule has 1 atom stereocenters. The van der Waals surface area contributed by atoms with Gasteiger partial charge in [0, 0.05) is 23.8 Å². The summed E-state index contributed by atoms with van der Waals surface area (Å²) in [6.07, 6.45) is 2.60. The number of amides is 1. The van der Waals surface area contributed by atoms with E-state index in [4.69, 9.17) is 11.6 Å². The third kappa shape index (κ3) is 3.13. The Bertz CT molecular complexity index is 661. The molecule has 4 nitrogen and oxygen atoms in total. The molecule has 1 saturated heterocycles. The van der Waals surface area contributed by atoms with Gasteiger partial charge in [-0.05, 0) is 42.8 Å². The van der Waals surface area contributed by atoms with Crippen LogP contribution in [0, 0.1) is 0 Å². The van der Waals surface area contributed by atoms with Gasteiger partial charge in [-0.3, -0.25) is 4.79 Å². The van der Waals surface area contributed by atoms with Crippen LogP contribution in [-0.4, -0.2) is 24.0 Å². The number of pyridine rings is 1. The molecule has 1 amide bonds. The van der Waals surface area contributed by atoms with E-state index in [1.54, 1.807) is 12.1 Å². The molecule has 5 heteroatoms. The van der Waals surface area contributed by atoms with Crippen molar-refractivity contribution in [1.82, 2.24) is 10.3 Å². The molecule has 3 rings (SSSR count). The van der Waals surface area contributed by atoms with Gasteiger partial charge in [0.05, 0.1) is 5.02 Å². The quantitative estimate of drug-likeness (QED) is 0.914. The maximum absolute atomic E-state index is 12.1. The highest BCUT2D eigenvalue weighted by Crippen LogP contribution is 2.30. The van der Waals surface area contributed by atoms with Crippen molar-refractivity contribution >= 4 is 23.2 Å². The molecule has 1 aromatic carbocycles. The minimum absolute atomic E-state index is 0.181. The first-order valence-electron chi connectivity index (χ1n) is 7.31. The molecule has 1 fully saturated rings. The maximum atomic E-state index is 12.1. The summed E-state index contributed by atoms with van der Waals surface area (Å²) >= 11 is 5.77. The van der Waals surface area contributed by atoms with Crippen molar-refractivity contribution in [2.24, 2.45) is 0 Å². The maximum Gasteiger partial charge on any atom is 0.274 e. The zero-order chi connectivity index (χ0) is 15.6. The second-order valence-electron chi connectivity index (χ2n) is 5.88. The summed E-state index contributed by atoms with van der Waals surface area (Å²) in [4.78, 5) is 16.1. The second-order valence-corrected chi connectivity index (χ2v) is 6.32. The van der Waals surface area contributed by atoms with E-state index in [9.17, 15) is 4.79 Å². The topological polar surface area (TPSA) is 54.0 Å². The number of benzene rings is 1. The van der Waals surface area contributed by atoms with Crippen LogP contribution in [0.5, 0.6) is 0 Å². The van der Waals surface area contributed by atoms with E-state index in [2.05, 4.69) is 34.7 Å². The highest BCUT2D eigenvalue weighted by Gasteiger charge is 2.30. The first-order valence-corrected chi connectivity index (χ1v) is 7.69. The van der Waals surface area contributed by atoms with Crippen molar-refractivity contribution in [3.8, 4) is 0 Å². The van der Waals surface area contributed by atoms with Gasteiger partial charge in [-0.1, -0.05) is 30.7 Å². The van der Waals surface area contributed by atoms with E-state index in [1.807, 2.05) is 12.1 Å². The van der Waals surface area contributed by atoms with Crippen LogP contribution in [0.15, 0.2) is 42.6 Å². The molecular weight excluding hydrogens is 298 g/mol. The number of nitrogens with zero attached hydrogens (tertiary/aromatic N) is 1. The molecule has 0 aliphatic carbocycles. The van der Waals surface area contributed by atoms with Crippen molar-refractivity contribution in [2.45, 2.75) is 18.8 Å². The summed E-state index contributed by atoms with van der Waals surface area (Å²) in [5.41, 5.74) is 2.58. The van der Waals surface area contributed by atoms with Crippen LogP contribution < -0.4 is 10.6 Å². The SMILES string of the molecule is CC1(c2ccc(NC(=O)c3ccc(Cl)cn3)cc2)CCNC1. The van der Waals surface area contributed by atoms with Gasteiger partial charge in [0.25, 0.3) is 5.91 Å². The van der Waals surface area contributed by atoms with Gasteiger partial charge >= 0.3 is 0 Å². The van der Waals surface area contributed by atoms with Crippen LogP contribution in [-0.2, 0) is 5.41 Å². The molecule has 2 N–H and O–H groups in total. The summed E-state index contributed by atoms with van der Waals surface area (Å²) in [7, 11) is 0. The Labute approximate surface area is 134 Å². The molecule has 0 radical (unpaired) electrons. The van der Waals surface area contributed by atoms with Crippen molar-refractivity contribution < 1.29 is 4.79 Å². The monoisotopic (exact) mass is 315 g/mol. The minimum Gasteiger partial charge on any atom is -0.321 e. The molecule has 0 saturated carbocycles. The Balaban J connectivity index is 1.71. The lowest BCUT2D eigenvalue weighted by Crippen LogP contribution is -2.24. The standard InChI is InChI=1S/C17H18ClN3O/c1-17(8-9-19-11-17)12-2-5-14(6-3-12)21-16(22)15-7-4-13(18)10-20-15/h2-7,10,19H,8-9,11H2,1H3,(H,21,22). The number of hydrogen-bond acceptors (Lipinski definition) is 3. The zero-order valence-electron chi connectivity index (χ0n) is 12.4. The van der Waals surface area contributed by atoms with Crippen LogP contribution >= 0.6 is 11.6 Å². The summed E-state index contributed by atoms with van der Waals surface area (Å²) in [5, 5.41) is 6.76. The van der Waals surface area contributed by atoms with Crippen LogP contribution in [0.4, 0.5) is 5.69 Å². The normalized spacial score (nSPS) is 20.8. The number of aromatic nitrogens is 1. The molecule has 1 aromatic heterocycles. The number of rotatable bonds is 3. The van der Waals surface area contributed by atoms with Gasteiger partial charge in [-0.2, -0.15) is 0 Å². The predicted octanol–water partition coefficient (Wildman–Crippen LogP) is 3.24. The molecule has 22 heavy (non-hydrogen) atoms. The van der Waals surface area contributed by atoms with Crippen LogP contribution in [0.1, 0.15) is 29.4 Å². The smallest absolute Gasteiger partial charge is 0.274 e. The van der Waals surface area contributed by atoms with Crippen molar-refractivity contribution in [3.63, 3.8) is 0 Å². The van der Waals surface area contributed by atoms with E-state index in [1.165, 1.54) is 11.8 Å². The Morgan fingerprint density at radius 3 is 2.64 bits per heavy atom. The third-order valence-corrected chi connectivity index (χ3v) is 4.39. The highest BCUT2D eigenvalue weighted by atomic mass is 35.5. The van der Waals surface area contributed by atoms with E-state index in [-0.39, 0.29) is 11.3 Å². The summed E-state index contributed by atoms with van der Waals surface area (Å²) in [6.45, 7) is 4.31. The van der Waals surface area contributed by atoms with E-state index in [0.29, 0.717) is 10.7 Å². The lowest BCUT2D eigenvalue weighted by molar-refractivity contribution is 0.102. The van der Waals surface area contributed by atoms with Crippen molar-refractivity contribution in [3.05, 3.63) is 58.9 Å². The lowest BCUT2D eigenvalue weighted by Gasteiger charge is -2.23. The number of nitrogens with one attached hydrogen (secondary N) is 2. The summed E-state index contributed by atoms with van der Waals surface area (Å²) < 4.78 is 0. The Morgan fingerprint density at radius 1 is 1.27 bits per heavy atom. The Morgan fingerprint density at radius 2 is 2.05 bits per heavy atom. The Kier molecular flexibility index (Phi) is 4.14. The lowest BCUT2D eigenvalue weighted by atomic mass is 9.82. The fourth-order valence-electron chi connectivity index (χ4n) is 2.72. The minimum atomic E-state index is -0.238. The predicted molar refractivity (Wildman–Crippen MR) is 88.5 cm³/mol.